The van der Waals surface area contributed by atoms with E-state index in [2.05, 4.69) is 10.2 Å². The fraction of sp³-hybridized carbons (Fsp3) is 0.579. The predicted octanol–water partition coefficient (Wildman–Crippen LogP) is 1.72. The maximum absolute atomic E-state index is 13.2. The molecule has 0 radical (unpaired) electrons. The van der Waals surface area contributed by atoms with Crippen LogP contribution in [0.5, 0.6) is 0 Å². The highest BCUT2D eigenvalue weighted by Crippen LogP contribution is 2.22. The van der Waals surface area contributed by atoms with E-state index < -0.39 is 0 Å². The lowest BCUT2D eigenvalue weighted by Crippen LogP contribution is -2.50. The highest BCUT2D eigenvalue weighted by atomic mass is 19.1. The van der Waals surface area contributed by atoms with Gasteiger partial charge in [-0.3, -0.25) is 14.5 Å². The fourth-order valence-electron chi connectivity index (χ4n) is 3.55. The molecule has 2 saturated heterocycles. The molecule has 2 heterocycles. The molecule has 2 aliphatic heterocycles. The second kappa shape index (κ2) is 8.60. The number of piperidine rings is 1. The molecule has 6 nitrogen and oxygen atoms in total. The number of amides is 2. The van der Waals surface area contributed by atoms with E-state index in [9.17, 15) is 14.0 Å². The minimum absolute atomic E-state index is 0.0304. The van der Waals surface area contributed by atoms with Crippen LogP contribution in [0.3, 0.4) is 0 Å². The highest BCUT2D eigenvalue weighted by Gasteiger charge is 2.32. The molecule has 0 saturated carbocycles. The summed E-state index contributed by atoms with van der Waals surface area (Å²) in [7, 11) is 0. The first-order valence-corrected chi connectivity index (χ1v) is 9.21. The van der Waals surface area contributed by atoms with Gasteiger partial charge in [0.1, 0.15) is 5.82 Å². The third kappa shape index (κ3) is 4.59. The van der Waals surface area contributed by atoms with Crippen LogP contribution in [0.2, 0.25) is 0 Å². The number of carbonyl (C=O) groups excluding carboxylic acids is 2. The molecule has 1 aromatic rings. The van der Waals surface area contributed by atoms with Gasteiger partial charge in [0.25, 0.3) is 0 Å². The maximum Gasteiger partial charge on any atom is 0.241 e. The molecule has 142 valence electrons. The Balaban J connectivity index is 1.49. The Morgan fingerprint density at radius 3 is 2.54 bits per heavy atom. The van der Waals surface area contributed by atoms with Crippen LogP contribution in [0.4, 0.5) is 10.1 Å². The average Bonchev–Trinajstić information content (AvgIpc) is 2.67. The molecule has 1 N–H and O–H groups in total. The summed E-state index contributed by atoms with van der Waals surface area (Å²) in [6, 6.07) is 5.56. The van der Waals surface area contributed by atoms with Crippen LogP contribution in [0.1, 0.15) is 19.8 Å². The average molecular weight is 363 g/mol. The highest BCUT2D eigenvalue weighted by molar-refractivity contribution is 5.94. The summed E-state index contributed by atoms with van der Waals surface area (Å²) >= 11 is 0. The zero-order valence-electron chi connectivity index (χ0n) is 15.1. The van der Waals surface area contributed by atoms with Gasteiger partial charge in [0, 0.05) is 24.7 Å². The zero-order chi connectivity index (χ0) is 18.5. The molecule has 3 rings (SSSR count). The van der Waals surface area contributed by atoms with Crippen molar-refractivity contribution in [2.45, 2.75) is 25.8 Å². The first kappa shape index (κ1) is 18.8. The van der Waals surface area contributed by atoms with Gasteiger partial charge in [-0.05, 0) is 51.1 Å². The van der Waals surface area contributed by atoms with Gasteiger partial charge in [-0.1, -0.05) is 6.07 Å². The number of ether oxygens (including phenoxy) is 1. The van der Waals surface area contributed by atoms with Crippen LogP contribution in [0.15, 0.2) is 24.3 Å². The standard InChI is InChI=1S/C19H26FN3O3/c1-14(18(24)21-17-4-2-3-16(20)13-17)22-7-5-15(6-8-22)19(25)23-9-11-26-12-10-23/h2-4,13-15H,5-12H2,1H3,(H,21,24). The van der Waals surface area contributed by atoms with E-state index >= 15 is 0 Å². The summed E-state index contributed by atoms with van der Waals surface area (Å²) in [5, 5.41) is 2.76. The first-order chi connectivity index (χ1) is 12.5. The van der Waals surface area contributed by atoms with Crippen molar-refractivity contribution in [3.05, 3.63) is 30.1 Å². The van der Waals surface area contributed by atoms with Crippen molar-refractivity contribution in [2.75, 3.05) is 44.7 Å². The number of carbonyl (C=O) groups is 2. The van der Waals surface area contributed by atoms with E-state index in [4.69, 9.17) is 4.74 Å². The number of hydrogen-bond donors (Lipinski definition) is 1. The van der Waals surface area contributed by atoms with Crippen LogP contribution >= 0.6 is 0 Å². The van der Waals surface area contributed by atoms with Crippen LogP contribution in [0, 0.1) is 11.7 Å². The predicted molar refractivity (Wildman–Crippen MR) is 96.2 cm³/mol. The smallest absolute Gasteiger partial charge is 0.241 e. The first-order valence-electron chi connectivity index (χ1n) is 9.21. The Labute approximate surface area is 153 Å². The molecule has 0 aromatic heterocycles. The van der Waals surface area contributed by atoms with Crippen LogP contribution < -0.4 is 5.32 Å². The van der Waals surface area contributed by atoms with Crippen molar-refractivity contribution in [3.63, 3.8) is 0 Å². The molecule has 0 bridgehead atoms. The number of nitrogens with one attached hydrogen (secondary N) is 1. The third-order valence-electron chi connectivity index (χ3n) is 5.22. The topological polar surface area (TPSA) is 61.9 Å². The van der Waals surface area contributed by atoms with Gasteiger partial charge >= 0.3 is 0 Å². The number of halogens is 1. The summed E-state index contributed by atoms with van der Waals surface area (Å²) < 4.78 is 18.5. The lowest BCUT2D eigenvalue weighted by Gasteiger charge is -2.37. The number of benzene rings is 1. The molecule has 1 atom stereocenters. The fourth-order valence-corrected chi connectivity index (χ4v) is 3.55. The molecule has 1 unspecified atom stereocenters. The molecular formula is C19H26FN3O3. The number of rotatable bonds is 4. The molecule has 2 fully saturated rings. The lowest BCUT2D eigenvalue weighted by atomic mass is 9.94. The zero-order valence-corrected chi connectivity index (χ0v) is 15.1. The Hall–Kier alpha value is -1.99. The Bertz CT molecular complexity index is 641. The van der Waals surface area contributed by atoms with Gasteiger partial charge < -0.3 is 15.0 Å². The molecule has 0 aliphatic carbocycles. The van der Waals surface area contributed by atoms with E-state index in [0.717, 1.165) is 12.8 Å². The van der Waals surface area contributed by atoms with Gasteiger partial charge in [0.2, 0.25) is 11.8 Å². The number of anilines is 1. The minimum atomic E-state index is -0.377. The van der Waals surface area contributed by atoms with Crippen LogP contribution in [-0.2, 0) is 14.3 Å². The lowest BCUT2D eigenvalue weighted by molar-refractivity contribution is -0.141. The summed E-state index contributed by atoms with van der Waals surface area (Å²) in [5.74, 6) is -0.293. The van der Waals surface area contributed by atoms with Gasteiger partial charge in [0.15, 0.2) is 0 Å². The van der Waals surface area contributed by atoms with Crippen LogP contribution in [0.25, 0.3) is 0 Å². The van der Waals surface area contributed by atoms with E-state index in [1.807, 2.05) is 11.8 Å². The third-order valence-corrected chi connectivity index (χ3v) is 5.22. The summed E-state index contributed by atoms with van der Waals surface area (Å²) in [4.78, 5) is 29.0. The Morgan fingerprint density at radius 2 is 1.88 bits per heavy atom. The van der Waals surface area contributed by atoms with E-state index in [-0.39, 0.29) is 29.6 Å². The molecule has 26 heavy (non-hydrogen) atoms. The Morgan fingerprint density at radius 1 is 1.19 bits per heavy atom. The van der Waals surface area contributed by atoms with Crippen molar-refractivity contribution in [2.24, 2.45) is 5.92 Å². The monoisotopic (exact) mass is 363 g/mol. The molecule has 2 amide bonds. The normalized spacial score (nSPS) is 20.6. The van der Waals surface area contributed by atoms with Crippen molar-refractivity contribution < 1.29 is 18.7 Å². The number of nitrogens with zero attached hydrogens (tertiary/aromatic N) is 2. The second-order valence-corrected chi connectivity index (χ2v) is 6.92. The van der Waals surface area contributed by atoms with Crippen molar-refractivity contribution in [1.29, 1.82) is 0 Å². The van der Waals surface area contributed by atoms with Crippen molar-refractivity contribution in [3.8, 4) is 0 Å². The second-order valence-electron chi connectivity index (χ2n) is 6.92. The van der Waals surface area contributed by atoms with E-state index in [0.29, 0.717) is 45.1 Å². The van der Waals surface area contributed by atoms with Crippen LogP contribution in [-0.4, -0.2) is 67.0 Å². The van der Waals surface area contributed by atoms with Gasteiger partial charge in [-0.2, -0.15) is 0 Å². The maximum atomic E-state index is 13.2. The molecule has 1 aromatic carbocycles. The summed E-state index contributed by atoms with van der Waals surface area (Å²) in [5.41, 5.74) is 0.458. The number of morpholine rings is 1. The summed E-state index contributed by atoms with van der Waals surface area (Å²) in [6.07, 6.45) is 1.52. The number of hydrogen-bond acceptors (Lipinski definition) is 4. The molecule has 7 heteroatoms. The molecule has 0 spiro atoms. The van der Waals surface area contributed by atoms with E-state index in [1.165, 1.54) is 12.1 Å². The molecule has 2 aliphatic rings. The SMILES string of the molecule is CC(C(=O)Nc1cccc(F)c1)N1CCC(C(=O)N2CCOCC2)CC1. The van der Waals surface area contributed by atoms with E-state index in [1.54, 1.807) is 12.1 Å². The van der Waals surface area contributed by atoms with Gasteiger partial charge in [0.05, 0.1) is 19.3 Å². The summed E-state index contributed by atoms with van der Waals surface area (Å²) in [6.45, 7) is 5.83. The molecular weight excluding hydrogens is 337 g/mol. The van der Waals surface area contributed by atoms with Gasteiger partial charge in [-0.25, -0.2) is 4.39 Å². The minimum Gasteiger partial charge on any atom is -0.378 e. The Kier molecular flexibility index (Phi) is 6.21. The largest absolute Gasteiger partial charge is 0.378 e. The van der Waals surface area contributed by atoms with Gasteiger partial charge in [-0.15, -0.1) is 0 Å². The quantitative estimate of drug-likeness (QED) is 0.885. The van der Waals surface area contributed by atoms with Crippen molar-refractivity contribution >= 4 is 17.5 Å². The van der Waals surface area contributed by atoms with Crippen molar-refractivity contribution in [1.82, 2.24) is 9.80 Å². The number of likely N-dealkylation sites (tertiary alicyclic amines) is 1.